The molecule has 0 N–H and O–H groups in total. The Hall–Kier alpha value is -21.2. The molecule has 0 unspecified atom stereocenters. The number of aromatic nitrogens is 10. The van der Waals surface area contributed by atoms with E-state index in [9.17, 15) is 21.0 Å². The van der Waals surface area contributed by atoms with Crippen molar-refractivity contribution < 1.29 is 0 Å². The second kappa shape index (κ2) is 31.2. The summed E-state index contributed by atoms with van der Waals surface area (Å²) in [5, 5.41) is 72.6. The molecule has 0 fully saturated rings. The van der Waals surface area contributed by atoms with Crippen LogP contribution in [0.15, 0.2) is 461 Å². The molecule has 0 amide bonds. The first-order valence-corrected chi connectivity index (χ1v) is 50.5. The first kappa shape index (κ1) is 82.4. The van der Waals surface area contributed by atoms with Crippen LogP contribution in [0.3, 0.4) is 0 Å². The number of para-hydroxylation sites is 16. The Balaban J connectivity index is 0.691. The van der Waals surface area contributed by atoms with Crippen LogP contribution in [0.1, 0.15) is 22.3 Å². The third-order valence-corrected chi connectivity index (χ3v) is 32.0. The number of hydrogen-bond acceptors (Lipinski definition) is 4. The van der Waals surface area contributed by atoms with Crippen LogP contribution >= 0.6 is 0 Å². The van der Waals surface area contributed by atoms with E-state index in [1.54, 1.807) is 0 Å². The summed E-state index contributed by atoms with van der Waals surface area (Å²) in [5.74, 6) is 0. The van der Waals surface area contributed by atoms with Crippen molar-refractivity contribution >= 4 is 218 Å². The van der Waals surface area contributed by atoms with Gasteiger partial charge in [0.15, 0.2) is 0 Å². The molecule has 32 rings (SSSR count). The van der Waals surface area contributed by atoms with E-state index in [2.05, 4.69) is 531 Å². The molecular formula is C136H76N14. The van der Waals surface area contributed by atoms with Crippen LogP contribution in [0.2, 0.25) is 0 Å². The smallest absolute Gasteiger partial charge is 0.103 e. The monoisotopic (exact) mass is 1900 g/mol. The summed E-state index contributed by atoms with van der Waals surface area (Å²) in [6.07, 6.45) is 0. The highest BCUT2D eigenvalue weighted by Gasteiger charge is 2.40. The highest BCUT2D eigenvalue weighted by atomic mass is 15.2. The number of nitriles is 4. The largest absolute Gasteiger partial charge is 0.309 e. The van der Waals surface area contributed by atoms with Crippen molar-refractivity contribution in [3.63, 3.8) is 0 Å². The lowest BCUT2D eigenvalue weighted by molar-refractivity contribution is 1.01. The summed E-state index contributed by atoms with van der Waals surface area (Å²) in [6, 6.07) is 176. The predicted molar refractivity (Wildman–Crippen MR) is 614 cm³/mol. The minimum atomic E-state index is 0.191. The third kappa shape index (κ3) is 11.0. The molecule has 0 bridgehead atoms. The molecule has 10 aromatic heterocycles. The molecule has 0 saturated carbocycles. The van der Waals surface area contributed by atoms with Crippen LogP contribution in [-0.4, -0.2) is 45.7 Å². The van der Waals surface area contributed by atoms with Gasteiger partial charge in [-0.15, -0.1) is 0 Å². The molecule has 0 aliphatic carbocycles. The Morgan fingerprint density at radius 1 is 0.120 bits per heavy atom. The Morgan fingerprint density at radius 2 is 0.293 bits per heavy atom. The van der Waals surface area contributed by atoms with Crippen LogP contribution in [-0.2, 0) is 0 Å². The summed E-state index contributed by atoms with van der Waals surface area (Å²) in [6.45, 7) is 0. The van der Waals surface area contributed by atoms with Crippen molar-refractivity contribution in [3.8, 4) is 92.3 Å². The predicted octanol–water partition coefficient (Wildman–Crippen LogP) is 33.8. The zero-order chi connectivity index (χ0) is 98.7. The van der Waals surface area contributed by atoms with Gasteiger partial charge in [0.1, 0.15) is 24.3 Å². The van der Waals surface area contributed by atoms with Crippen molar-refractivity contribution in [3.05, 3.63) is 483 Å². The van der Waals surface area contributed by atoms with E-state index < -0.39 is 0 Å². The molecule has 10 heterocycles. The molecule has 22 aromatic carbocycles. The molecule has 0 atom stereocenters. The molecule has 0 aliphatic heterocycles. The number of rotatable bonds is 11. The zero-order valence-electron chi connectivity index (χ0n) is 80.1. The van der Waals surface area contributed by atoms with Gasteiger partial charge in [0.05, 0.1) is 178 Å². The lowest BCUT2D eigenvalue weighted by Gasteiger charge is -2.27. The molecule has 0 radical (unpaired) electrons. The average molecular weight is 1910 g/mol. The average Bonchev–Trinajstić information content (AvgIpc) is 1.51. The summed E-state index contributed by atoms with van der Waals surface area (Å²) in [4.78, 5) is 0. The summed E-state index contributed by atoms with van der Waals surface area (Å²) in [5.41, 5.74) is 27.7. The van der Waals surface area contributed by atoms with Gasteiger partial charge >= 0.3 is 0 Å². The molecule has 0 saturated heterocycles. The Labute approximate surface area is 854 Å². The second-order valence-corrected chi connectivity index (χ2v) is 39.2. The van der Waals surface area contributed by atoms with Crippen molar-refractivity contribution in [2.75, 3.05) is 0 Å². The molecule has 150 heavy (non-hydrogen) atoms. The normalized spacial score (nSPS) is 12.1. The van der Waals surface area contributed by atoms with Gasteiger partial charge in [0.2, 0.25) is 0 Å². The molecule has 0 spiro atoms. The summed E-state index contributed by atoms with van der Waals surface area (Å²) in [7, 11) is 0. The van der Waals surface area contributed by atoms with Crippen molar-refractivity contribution in [2.24, 2.45) is 0 Å². The van der Waals surface area contributed by atoms with Gasteiger partial charge in [-0.2, -0.15) is 21.0 Å². The van der Waals surface area contributed by atoms with E-state index in [-0.39, 0.29) is 22.3 Å². The van der Waals surface area contributed by atoms with Gasteiger partial charge in [-0.05, 0) is 169 Å². The Kier molecular flexibility index (Phi) is 17.1. The number of hydrogen-bond donors (Lipinski definition) is 0. The summed E-state index contributed by atoms with van der Waals surface area (Å²) >= 11 is 0. The third-order valence-electron chi connectivity index (χ3n) is 32.0. The first-order chi connectivity index (χ1) is 74.4. The standard InChI is InChI=1S/C136H76N14/c137-77-103-105(79-139)131(135(147-114-60-28-13-45-91(114)92-46-14-29-61-115(92)147)133(145-110-56-24-9-41-87(110)88-42-10-25-57-111(88)145)129(103)143-108-54-22-7-39-85(108)86-40-8-23-55-109(86)143)149-120-66-34-20-52-98(120)127-124(149)72-71-123-128(127)102-74-82(68-70-122(102)141(123)83-35-3-1-4-36-83)81-67-69-121-99(73-81)95-49-18-32-64-118(95)144(121)130-104(78-138)106(80-140)132(150-119-65-33-19-51-97(119)101-75-100-96-50-17-21-53-107(96)142(125(100)76-126(101)150)84-37-5-2-6-38-84)136(148-116-62-30-15-47-93(116)94-48-16-31-63-117(94)148)134(130)146-112-58-26-11-43-89(112)90-44-12-27-59-113(90)146/h1-76H. The maximum atomic E-state index is 13.2. The van der Waals surface area contributed by atoms with Gasteiger partial charge < -0.3 is 45.7 Å². The number of benzene rings is 22. The highest BCUT2D eigenvalue weighted by molar-refractivity contribution is 6.31. The van der Waals surface area contributed by atoms with Crippen LogP contribution < -0.4 is 0 Å². The van der Waals surface area contributed by atoms with E-state index in [1.807, 2.05) is 0 Å². The SMILES string of the molecule is N#Cc1c(C#N)c(-n2c3ccccc3c3cc4c5ccccc5n(-c5ccccc5)c4cc32)c(-n2c3ccccc3c3ccccc32)c(-n2c3ccccc3c3ccccc32)c1-n1c2ccccc2c2cc(-c3ccc4c(c3)c3c5c6ccccc6n(-c6c(C#N)c(C#N)c(-n7c8ccccc8c8ccccc87)c(-n7c8ccccc8c8ccccc87)c6-n6c7ccccc7c7ccccc76)c5ccc3n4-c3ccccc3)ccc21. The fourth-order valence-electron chi connectivity index (χ4n) is 26.1. The van der Waals surface area contributed by atoms with E-state index in [4.69, 9.17) is 0 Å². The van der Waals surface area contributed by atoms with Crippen molar-refractivity contribution in [1.82, 2.24) is 45.7 Å². The van der Waals surface area contributed by atoms with Gasteiger partial charge in [-0.25, -0.2) is 0 Å². The maximum absolute atomic E-state index is 13.2. The lowest BCUT2D eigenvalue weighted by Crippen LogP contribution is -2.17. The van der Waals surface area contributed by atoms with Gasteiger partial charge in [-0.1, -0.05) is 303 Å². The number of fused-ring (bicyclic) bond motifs is 31. The van der Waals surface area contributed by atoms with E-state index in [0.29, 0.717) is 45.5 Å². The van der Waals surface area contributed by atoms with Crippen LogP contribution in [0.4, 0.5) is 0 Å². The molecule has 32 aromatic rings. The van der Waals surface area contributed by atoms with E-state index in [1.165, 1.54) is 0 Å². The molecule has 690 valence electrons. The van der Waals surface area contributed by atoms with Crippen molar-refractivity contribution in [2.45, 2.75) is 0 Å². The fraction of sp³-hybridized carbons (Fsp3) is 0. The maximum Gasteiger partial charge on any atom is 0.103 e. The molecule has 0 aliphatic rings. The first-order valence-electron chi connectivity index (χ1n) is 50.5. The van der Waals surface area contributed by atoms with E-state index in [0.717, 1.165) is 241 Å². The topological polar surface area (TPSA) is 144 Å². The van der Waals surface area contributed by atoms with Crippen LogP contribution in [0, 0.1) is 45.3 Å². The van der Waals surface area contributed by atoms with Gasteiger partial charge in [0.25, 0.3) is 0 Å². The highest BCUT2D eigenvalue weighted by Crippen LogP contribution is 2.56. The molecule has 14 nitrogen and oxygen atoms in total. The van der Waals surface area contributed by atoms with E-state index >= 15 is 0 Å². The quantitative estimate of drug-likeness (QED) is 0.127. The zero-order valence-corrected chi connectivity index (χ0v) is 80.1. The van der Waals surface area contributed by atoms with Crippen LogP contribution in [0.25, 0.3) is 286 Å². The summed E-state index contributed by atoms with van der Waals surface area (Å²) < 4.78 is 23.4. The second-order valence-electron chi connectivity index (χ2n) is 39.2. The lowest BCUT2D eigenvalue weighted by atomic mass is 9.98. The molecule has 14 heteroatoms. The minimum Gasteiger partial charge on any atom is -0.309 e. The fourth-order valence-corrected chi connectivity index (χ4v) is 26.1. The van der Waals surface area contributed by atoms with Gasteiger partial charge in [-0.3, -0.25) is 0 Å². The number of nitrogens with zero attached hydrogens (tertiary/aromatic N) is 14. The minimum absolute atomic E-state index is 0.191. The van der Waals surface area contributed by atoms with Crippen molar-refractivity contribution in [1.29, 1.82) is 21.0 Å². The molecular weight excluding hydrogens is 1830 g/mol. The Morgan fingerprint density at radius 3 is 0.580 bits per heavy atom. The van der Waals surface area contributed by atoms with Gasteiger partial charge in [0, 0.05) is 119 Å². The van der Waals surface area contributed by atoms with Crippen LogP contribution in [0.5, 0.6) is 0 Å². The Bertz CT molecular complexity index is 11600.